The summed E-state index contributed by atoms with van der Waals surface area (Å²) in [5.74, 6) is 2.74. The monoisotopic (exact) mass is 498 g/mol. The number of likely N-dealkylation sites (tertiary alicyclic amines) is 1. The second kappa shape index (κ2) is 8.90. The van der Waals surface area contributed by atoms with Gasteiger partial charge in [0.25, 0.3) is 0 Å². The molecule has 0 aliphatic carbocycles. The van der Waals surface area contributed by atoms with Gasteiger partial charge in [-0.25, -0.2) is 0 Å². The average Bonchev–Trinajstić information content (AvgIpc) is 3.49. The van der Waals surface area contributed by atoms with Gasteiger partial charge in [0.1, 0.15) is 17.8 Å². The Hall–Kier alpha value is -2.44. The SMILES string of the molecule is CC(C)(C)CCN1CCC(CN2C(=O)C3(COc4cc5c(cc43)OCO5)c3ccccc32)CC1.Cl. The summed E-state index contributed by atoms with van der Waals surface area (Å²) in [7, 11) is 0. The molecule has 0 N–H and O–H groups in total. The van der Waals surface area contributed by atoms with Crippen LogP contribution in [0.2, 0.25) is 0 Å². The number of nitrogens with zero attached hydrogens (tertiary/aromatic N) is 2. The first kappa shape index (κ1) is 24.3. The van der Waals surface area contributed by atoms with Gasteiger partial charge in [0.2, 0.25) is 12.7 Å². The summed E-state index contributed by atoms with van der Waals surface area (Å²) in [4.78, 5) is 18.8. The summed E-state index contributed by atoms with van der Waals surface area (Å²) >= 11 is 0. The van der Waals surface area contributed by atoms with E-state index in [0.717, 1.165) is 61.6 Å². The van der Waals surface area contributed by atoms with Crippen molar-refractivity contribution in [2.75, 3.05) is 44.5 Å². The zero-order valence-corrected chi connectivity index (χ0v) is 21.7. The molecule has 0 bridgehead atoms. The first-order valence-corrected chi connectivity index (χ1v) is 12.6. The molecule has 4 aliphatic rings. The summed E-state index contributed by atoms with van der Waals surface area (Å²) in [6, 6.07) is 12.1. The summed E-state index contributed by atoms with van der Waals surface area (Å²) in [6.07, 6.45) is 3.49. The van der Waals surface area contributed by atoms with Crippen LogP contribution < -0.4 is 19.1 Å². The number of rotatable bonds is 4. The van der Waals surface area contributed by atoms with E-state index in [2.05, 4.69) is 37.8 Å². The number of ether oxygens (including phenoxy) is 3. The minimum atomic E-state index is -0.805. The second-order valence-electron chi connectivity index (χ2n) is 11.4. The molecule has 2 aromatic rings. The number of para-hydroxylation sites is 1. The second-order valence-corrected chi connectivity index (χ2v) is 11.4. The maximum absolute atomic E-state index is 14.2. The standard InChI is InChI=1S/C28H34N2O4.ClH/c1-27(2,3)10-13-29-11-8-19(9-12-29)16-30-22-7-5-4-6-20(22)28(26(30)31)17-32-23-15-25-24(14-21(23)28)33-18-34-25;/h4-7,14-15,19H,8-13,16-18H2,1-3H3;1H. The van der Waals surface area contributed by atoms with Crippen LogP contribution in [0.1, 0.15) is 51.2 Å². The summed E-state index contributed by atoms with van der Waals surface area (Å²) in [5.41, 5.74) is 2.53. The quantitative estimate of drug-likeness (QED) is 0.593. The smallest absolute Gasteiger partial charge is 0.245 e. The Kier molecular flexibility index (Phi) is 6.17. The Bertz CT molecular complexity index is 1120. The van der Waals surface area contributed by atoms with E-state index in [9.17, 15) is 4.79 Å². The van der Waals surface area contributed by atoms with Gasteiger partial charge < -0.3 is 24.0 Å². The van der Waals surface area contributed by atoms with Crippen LogP contribution in [0.25, 0.3) is 0 Å². The summed E-state index contributed by atoms with van der Waals surface area (Å²) < 4.78 is 17.3. The Morgan fingerprint density at radius 3 is 2.43 bits per heavy atom. The summed E-state index contributed by atoms with van der Waals surface area (Å²) in [6.45, 7) is 11.6. The molecule has 4 aliphatic heterocycles. The highest BCUT2D eigenvalue weighted by atomic mass is 35.5. The molecule has 0 radical (unpaired) electrons. The highest BCUT2D eigenvalue weighted by molar-refractivity contribution is 6.11. The fourth-order valence-electron chi connectivity index (χ4n) is 5.89. The van der Waals surface area contributed by atoms with Crippen LogP contribution >= 0.6 is 12.4 Å². The number of amides is 1. The number of carbonyl (C=O) groups is 1. The molecule has 1 spiro atoms. The van der Waals surface area contributed by atoms with Crippen molar-refractivity contribution in [1.29, 1.82) is 0 Å². The topological polar surface area (TPSA) is 51.2 Å². The van der Waals surface area contributed by atoms with Gasteiger partial charge in [-0.15, -0.1) is 12.4 Å². The molecule has 1 amide bonds. The molecule has 2 aromatic carbocycles. The number of hydrogen-bond acceptors (Lipinski definition) is 5. The molecule has 6 rings (SSSR count). The van der Waals surface area contributed by atoms with Crippen molar-refractivity contribution in [2.24, 2.45) is 11.3 Å². The van der Waals surface area contributed by atoms with Gasteiger partial charge in [-0.2, -0.15) is 0 Å². The maximum Gasteiger partial charge on any atom is 0.245 e. The molecule has 35 heavy (non-hydrogen) atoms. The van der Waals surface area contributed by atoms with Crippen molar-refractivity contribution in [2.45, 2.75) is 45.4 Å². The van der Waals surface area contributed by atoms with Gasteiger partial charge in [-0.3, -0.25) is 4.79 Å². The third-order valence-corrected chi connectivity index (χ3v) is 7.97. The Morgan fingerprint density at radius 2 is 1.69 bits per heavy atom. The third-order valence-electron chi connectivity index (χ3n) is 7.97. The van der Waals surface area contributed by atoms with E-state index in [1.807, 2.05) is 29.2 Å². The van der Waals surface area contributed by atoms with Crippen LogP contribution in [0.4, 0.5) is 5.69 Å². The minimum absolute atomic E-state index is 0. The zero-order valence-electron chi connectivity index (χ0n) is 20.8. The molecular weight excluding hydrogens is 464 g/mol. The van der Waals surface area contributed by atoms with Gasteiger partial charge in [-0.1, -0.05) is 39.0 Å². The average molecular weight is 499 g/mol. The van der Waals surface area contributed by atoms with E-state index in [-0.39, 0.29) is 25.1 Å². The fraction of sp³-hybridized carbons (Fsp3) is 0.536. The molecule has 1 unspecified atom stereocenters. The number of benzene rings is 2. The van der Waals surface area contributed by atoms with E-state index in [4.69, 9.17) is 14.2 Å². The van der Waals surface area contributed by atoms with Crippen LogP contribution in [-0.2, 0) is 10.2 Å². The van der Waals surface area contributed by atoms with E-state index in [1.165, 1.54) is 6.42 Å². The third kappa shape index (κ3) is 4.05. The molecule has 0 aromatic heterocycles. The first-order chi connectivity index (χ1) is 16.3. The lowest BCUT2D eigenvalue weighted by molar-refractivity contribution is -0.122. The molecule has 188 valence electrons. The van der Waals surface area contributed by atoms with Crippen LogP contribution in [0.3, 0.4) is 0 Å². The molecular formula is C28H35ClN2O4. The van der Waals surface area contributed by atoms with Gasteiger partial charge in [0.05, 0.1) is 0 Å². The highest BCUT2D eigenvalue weighted by Gasteiger charge is 2.57. The van der Waals surface area contributed by atoms with Crippen molar-refractivity contribution in [3.05, 3.63) is 47.5 Å². The molecule has 1 saturated heterocycles. The number of hydrogen-bond donors (Lipinski definition) is 0. The van der Waals surface area contributed by atoms with Crippen LogP contribution in [0.5, 0.6) is 17.2 Å². The largest absolute Gasteiger partial charge is 0.491 e. The lowest BCUT2D eigenvalue weighted by Crippen LogP contribution is -2.45. The van der Waals surface area contributed by atoms with Crippen LogP contribution in [0, 0.1) is 11.3 Å². The number of piperidine rings is 1. The van der Waals surface area contributed by atoms with Gasteiger partial charge in [-0.05, 0) is 67.9 Å². The Balaban J connectivity index is 0.00000253. The van der Waals surface area contributed by atoms with Crippen molar-refractivity contribution in [3.63, 3.8) is 0 Å². The molecule has 0 saturated carbocycles. The number of anilines is 1. The van der Waals surface area contributed by atoms with Gasteiger partial charge in [0.15, 0.2) is 11.5 Å². The van der Waals surface area contributed by atoms with E-state index in [1.54, 1.807) is 0 Å². The maximum atomic E-state index is 14.2. The molecule has 7 heteroatoms. The number of fused-ring (bicyclic) bond motifs is 5. The van der Waals surface area contributed by atoms with E-state index < -0.39 is 5.41 Å². The Morgan fingerprint density at radius 1 is 0.971 bits per heavy atom. The molecule has 6 nitrogen and oxygen atoms in total. The van der Waals surface area contributed by atoms with Crippen molar-refractivity contribution in [3.8, 4) is 17.2 Å². The lowest BCUT2D eigenvalue weighted by Gasteiger charge is -2.35. The van der Waals surface area contributed by atoms with Crippen molar-refractivity contribution in [1.82, 2.24) is 4.90 Å². The molecule has 1 fully saturated rings. The highest BCUT2D eigenvalue weighted by Crippen LogP contribution is 2.55. The predicted octanol–water partition coefficient (Wildman–Crippen LogP) is 5.01. The fourth-order valence-corrected chi connectivity index (χ4v) is 5.89. The van der Waals surface area contributed by atoms with Gasteiger partial charge in [0, 0.05) is 23.9 Å². The van der Waals surface area contributed by atoms with Gasteiger partial charge >= 0.3 is 0 Å². The van der Waals surface area contributed by atoms with Crippen LogP contribution in [-0.4, -0.2) is 50.4 Å². The molecule has 4 heterocycles. The summed E-state index contributed by atoms with van der Waals surface area (Å²) in [5, 5.41) is 0. The van der Waals surface area contributed by atoms with E-state index >= 15 is 0 Å². The first-order valence-electron chi connectivity index (χ1n) is 12.6. The normalized spacial score (nSPS) is 23.3. The van der Waals surface area contributed by atoms with Crippen molar-refractivity contribution >= 4 is 24.0 Å². The predicted molar refractivity (Wildman–Crippen MR) is 138 cm³/mol. The zero-order chi connectivity index (χ0) is 23.5. The van der Waals surface area contributed by atoms with Crippen molar-refractivity contribution < 1.29 is 19.0 Å². The van der Waals surface area contributed by atoms with Crippen LogP contribution in [0.15, 0.2) is 36.4 Å². The lowest BCUT2D eigenvalue weighted by atomic mass is 9.77. The minimum Gasteiger partial charge on any atom is -0.491 e. The molecule has 1 atom stereocenters. The Labute approximate surface area is 213 Å². The van der Waals surface area contributed by atoms with E-state index in [0.29, 0.717) is 29.4 Å². The number of halogens is 1. The number of carbonyl (C=O) groups excluding carboxylic acids is 1.